The van der Waals surface area contributed by atoms with E-state index in [4.69, 9.17) is 5.84 Å². The minimum absolute atomic E-state index is 0.340. The van der Waals surface area contributed by atoms with Gasteiger partial charge in [-0.2, -0.15) is 0 Å². The number of nitrogens with two attached hydrogens (primary N) is 1. The zero-order valence-corrected chi connectivity index (χ0v) is 7.67. The number of aryl methyl sites for hydroxylation is 1. The van der Waals surface area contributed by atoms with Crippen LogP contribution in [-0.4, -0.2) is 6.04 Å². The molecule has 0 heterocycles. The number of hydrogen-bond donors (Lipinski definition) is 2. The number of hydrogen-bond acceptors (Lipinski definition) is 2. The molecular weight excluding hydrogens is 148 g/mol. The molecule has 0 radical (unpaired) electrons. The van der Waals surface area contributed by atoms with Crippen molar-refractivity contribution in [1.29, 1.82) is 0 Å². The van der Waals surface area contributed by atoms with E-state index in [2.05, 4.69) is 43.5 Å². The highest BCUT2D eigenvalue weighted by Gasteiger charge is 1.99. The van der Waals surface area contributed by atoms with Crippen LogP contribution in [0.5, 0.6) is 0 Å². The summed E-state index contributed by atoms with van der Waals surface area (Å²) in [7, 11) is 0. The van der Waals surface area contributed by atoms with Gasteiger partial charge in [0.05, 0.1) is 0 Å². The van der Waals surface area contributed by atoms with Crippen LogP contribution in [0.15, 0.2) is 24.3 Å². The summed E-state index contributed by atoms with van der Waals surface area (Å²) in [4.78, 5) is 0. The lowest BCUT2D eigenvalue weighted by molar-refractivity contribution is 0.568. The van der Waals surface area contributed by atoms with Crippen molar-refractivity contribution in [3.63, 3.8) is 0 Å². The maximum atomic E-state index is 5.30. The van der Waals surface area contributed by atoms with E-state index >= 15 is 0 Å². The normalized spacial score (nSPS) is 12.9. The lowest BCUT2D eigenvalue weighted by atomic mass is 10.1. The standard InChI is InChI=1S/C10H16N2/c1-8-3-5-10(6-4-8)7-9(2)12-11/h3-6,9,12H,7,11H2,1-2H3/t9-/m1/s1. The summed E-state index contributed by atoms with van der Waals surface area (Å²) in [5.74, 6) is 5.30. The predicted octanol–water partition coefficient (Wildman–Crippen LogP) is 1.39. The summed E-state index contributed by atoms with van der Waals surface area (Å²) in [5.41, 5.74) is 5.35. The number of rotatable bonds is 3. The Labute approximate surface area is 73.8 Å². The van der Waals surface area contributed by atoms with Crippen LogP contribution in [0, 0.1) is 6.92 Å². The molecule has 2 nitrogen and oxygen atoms in total. The Morgan fingerprint density at radius 3 is 2.42 bits per heavy atom. The van der Waals surface area contributed by atoms with Gasteiger partial charge in [-0.15, -0.1) is 0 Å². The summed E-state index contributed by atoms with van der Waals surface area (Å²) in [6.45, 7) is 4.16. The van der Waals surface area contributed by atoms with Crippen LogP contribution >= 0.6 is 0 Å². The first kappa shape index (κ1) is 9.23. The SMILES string of the molecule is Cc1ccc(C[C@@H](C)NN)cc1. The lowest BCUT2D eigenvalue weighted by Gasteiger charge is -2.09. The summed E-state index contributed by atoms with van der Waals surface area (Å²) in [6.07, 6.45) is 0.983. The van der Waals surface area contributed by atoms with Gasteiger partial charge in [-0.25, -0.2) is 0 Å². The second-order valence-corrected chi connectivity index (χ2v) is 3.26. The zero-order valence-electron chi connectivity index (χ0n) is 7.67. The Hall–Kier alpha value is -0.860. The fourth-order valence-corrected chi connectivity index (χ4v) is 1.14. The molecule has 1 aromatic rings. The number of hydrazine groups is 1. The molecule has 1 rings (SSSR count). The first-order valence-corrected chi connectivity index (χ1v) is 4.24. The molecule has 0 unspecified atom stereocenters. The molecule has 0 aliphatic rings. The first-order chi connectivity index (χ1) is 5.72. The van der Waals surface area contributed by atoms with Gasteiger partial charge in [0.15, 0.2) is 0 Å². The van der Waals surface area contributed by atoms with Crippen molar-refractivity contribution in [2.24, 2.45) is 5.84 Å². The van der Waals surface area contributed by atoms with E-state index in [1.165, 1.54) is 11.1 Å². The fraction of sp³-hybridized carbons (Fsp3) is 0.400. The van der Waals surface area contributed by atoms with Gasteiger partial charge in [-0.3, -0.25) is 11.3 Å². The molecule has 66 valence electrons. The summed E-state index contributed by atoms with van der Waals surface area (Å²) in [5, 5.41) is 0. The van der Waals surface area contributed by atoms with Crippen LogP contribution in [0.2, 0.25) is 0 Å². The van der Waals surface area contributed by atoms with Gasteiger partial charge in [0, 0.05) is 6.04 Å². The van der Waals surface area contributed by atoms with Crippen LogP contribution in [-0.2, 0) is 6.42 Å². The van der Waals surface area contributed by atoms with Gasteiger partial charge in [0.2, 0.25) is 0 Å². The lowest BCUT2D eigenvalue weighted by Crippen LogP contribution is -2.33. The summed E-state index contributed by atoms with van der Waals surface area (Å²) >= 11 is 0. The molecule has 2 heteroatoms. The summed E-state index contributed by atoms with van der Waals surface area (Å²) in [6, 6.07) is 8.87. The van der Waals surface area contributed by atoms with Crippen molar-refractivity contribution in [3.05, 3.63) is 35.4 Å². The second-order valence-electron chi connectivity index (χ2n) is 3.26. The molecule has 0 bridgehead atoms. The maximum Gasteiger partial charge on any atom is 0.0222 e. The van der Waals surface area contributed by atoms with Gasteiger partial charge in [0.1, 0.15) is 0 Å². The molecule has 1 atom stereocenters. The Morgan fingerprint density at radius 2 is 1.92 bits per heavy atom. The monoisotopic (exact) mass is 164 g/mol. The van der Waals surface area contributed by atoms with E-state index in [1.54, 1.807) is 0 Å². The molecule has 0 amide bonds. The Balaban J connectivity index is 2.58. The first-order valence-electron chi connectivity index (χ1n) is 4.24. The van der Waals surface area contributed by atoms with E-state index in [-0.39, 0.29) is 0 Å². The predicted molar refractivity (Wildman–Crippen MR) is 51.7 cm³/mol. The molecule has 0 fully saturated rings. The van der Waals surface area contributed by atoms with Crippen molar-refractivity contribution >= 4 is 0 Å². The third-order valence-corrected chi connectivity index (χ3v) is 1.95. The highest BCUT2D eigenvalue weighted by molar-refractivity contribution is 5.21. The Kier molecular flexibility index (Phi) is 3.26. The highest BCUT2D eigenvalue weighted by atomic mass is 15.2. The largest absolute Gasteiger partial charge is 0.271 e. The van der Waals surface area contributed by atoms with Crippen molar-refractivity contribution < 1.29 is 0 Å². The van der Waals surface area contributed by atoms with Gasteiger partial charge in [-0.1, -0.05) is 29.8 Å². The highest BCUT2D eigenvalue weighted by Crippen LogP contribution is 2.05. The molecule has 1 aromatic carbocycles. The molecular formula is C10H16N2. The van der Waals surface area contributed by atoms with E-state index in [0.29, 0.717) is 6.04 Å². The fourth-order valence-electron chi connectivity index (χ4n) is 1.14. The van der Waals surface area contributed by atoms with Crippen molar-refractivity contribution in [2.75, 3.05) is 0 Å². The topological polar surface area (TPSA) is 38.0 Å². The maximum absolute atomic E-state index is 5.30. The number of nitrogens with one attached hydrogen (secondary N) is 1. The van der Waals surface area contributed by atoms with Crippen LogP contribution in [0.4, 0.5) is 0 Å². The number of benzene rings is 1. The van der Waals surface area contributed by atoms with Crippen LogP contribution in [0.1, 0.15) is 18.1 Å². The van der Waals surface area contributed by atoms with Gasteiger partial charge >= 0.3 is 0 Å². The molecule has 3 N–H and O–H groups in total. The quantitative estimate of drug-likeness (QED) is 0.523. The molecule has 0 saturated heterocycles. The van der Waals surface area contributed by atoms with Crippen molar-refractivity contribution in [2.45, 2.75) is 26.3 Å². The van der Waals surface area contributed by atoms with E-state index < -0.39 is 0 Å². The minimum atomic E-state index is 0.340. The molecule has 0 aliphatic heterocycles. The average Bonchev–Trinajstić information content (AvgIpc) is 2.09. The van der Waals surface area contributed by atoms with Crippen LogP contribution in [0.3, 0.4) is 0 Å². The molecule has 0 aromatic heterocycles. The molecule has 0 saturated carbocycles. The van der Waals surface area contributed by atoms with Gasteiger partial charge in [0.25, 0.3) is 0 Å². The third kappa shape index (κ3) is 2.64. The molecule has 0 spiro atoms. The Morgan fingerprint density at radius 1 is 1.33 bits per heavy atom. The third-order valence-electron chi connectivity index (χ3n) is 1.95. The van der Waals surface area contributed by atoms with Crippen molar-refractivity contribution in [1.82, 2.24) is 5.43 Å². The van der Waals surface area contributed by atoms with Crippen LogP contribution in [0.25, 0.3) is 0 Å². The average molecular weight is 164 g/mol. The van der Waals surface area contributed by atoms with Gasteiger partial charge in [-0.05, 0) is 25.8 Å². The second kappa shape index (κ2) is 4.24. The molecule has 12 heavy (non-hydrogen) atoms. The van der Waals surface area contributed by atoms with E-state index in [0.717, 1.165) is 6.42 Å². The van der Waals surface area contributed by atoms with E-state index in [9.17, 15) is 0 Å². The van der Waals surface area contributed by atoms with Crippen molar-refractivity contribution in [3.8, 4) is 0 Å². The molecule has 0 aliphatic carbocycles. The zero-order chi connectivity index (χ0) is 8.97. The minimum Gasteiger partial charge on any atom is -0.271 e. The van der Waals surface area contributed by atoms with Gasteiger partial charge < -0.3 is 0 Å². The smallest absolute Gasteiger partial charge is 0.0222 e. The Bertz CT molecular complexity index is 228. The van der Waals surface area contributed by atoms with E-state index in [1.807, 2.05) is 0 Å². The summed E-state index contributed by atoms with van der Waals surface area (Å²) < 4.78 is 0. The van der Waals surface area contributed by atoms with Crippen LogP contribution < -0.4 is 11.3 Å².